The van der Waals surface area contributed by atoms with Crippen LogP contribution in [0.25, 0.3) is 33.3 Å². The van der Waals surface area contributed by atoms with Crippen molar-refractivity contribution in [3.8, 4) is 22.5 Å². The summed E-state index contributed by atoms with van der Waals surface area (Å²) >= 11 is 0. The Hall–Kier alpha value is -3.00. The van der Waals surface area contributed by atoms with Crippen molar-refractivity contribution in [3.63, 3.8) is 0 Å². The van der Waals surface area contributed by atoms with E-state index in [0.29, 0.717) is 0 Å². The van der Waals surface area contributed by atoms with Crippen molar-refractivity contribution in [2.45, 2.75) is 20.8 Å². The molecule has 0 N–H and O–H groups in total. The molecule has 2 aromatic carbocycles. The molecule has 2 nitrogen and oxygen atoms in total. The summed E-state index contributed by atoms with van der Waals surface area (Å²) in [5, 5.41) is 2.46. The molecule has 0 aliphatic heterocycles. The van der Waals surface area contributed by atoms with E-state index in [1.165, 1.54) is 44.3 Å². The van der Waals surface area contributed by atoms with Gasteiger partial charge in [-0.3, -0.25) is 4.98 Å². The van der Waals surface area contributed by atoms with Crippen LogP contribution < -0.4 is 4.57 Å². The van der Waals surface area contributed by atoms with Gasteiger partial charge >= 0.3 is 0 Å². The summed E-state index contributed by atoms with van der Waals surface area (Å²) in [6, 6.07) is 19.2. The van der Waals surface area contributed by atoms with E-state index >= 15 is 0 Å². The van der Waals surface area contributed by atoms with E-state index in [0.717, 1.165) is 5.69 Å². The fraction of sp³-hybridized carbons (Fsp3) is 0.167. The Morgan fingerprint density at radius 3 is 2.42 bits per heavy atom. The van der Waals surface area contributed by atoms with Gasteiger partial charge in [-0.25, -0.2) is 0 Å². The van der Waals surface area contributed by atoms with E-state index in [4.69, 9.17) is 0 Å². The van der Waals surface area contributed by atoms with Crippen molar-refractivity contribution in [1.82, 2.24) is 4.98 Å². The molecule has 2 heterocycles. The van der Waals surface area contributed by atoms with Crippen molar-refractivity contribution in [2.24, 2.45) is 7.05 Å². The second kappa shape index (κ2) is 6.38. The predicted octanol–water partition coefficient (Wildman–Crippen LogP) is 5.32. The highest BCUT2D eigenvalue weighted by atomic mass is 14.9. The second-order valence-corrected chi connectivity index (χ2v) is 7.02. The zero-order valence-electron chi connectivity index (χ0n) is 15.7. The molecule has 0 amide bonds. The lowest BCUT2D eigenvalue weighted by molar-refractivity contribution is -0.658. The Balaban J connectivity index is 2.19. The average Bonchev–Trinajstić information content (AvgIpc) is 2.64. The Kier molecular flexibility index (Phi) is 4.04. The number of hydrogen-bond acceptors (Lipinski definition) is 1. The first-order chi connectivity index (χ1) is 12.6. The summed E-state index contributed by atoms with van der Waals surface area (Å²) in [5.74, 6) is 0. The molecule has 0 fully saturated rings. The Labute approximate surface area is 154 Å². The van der Waals surface area contributed by atoms with Crippen LogP contribution in [0.5, 0.6) is 0 Å². The Bertz CT molecular complexity index is 1110. The van der Waals surface area contributed by atoms with Crippen LogP contribution in [0, 0.1) is 20.8 Å². The lowest BCUT2D eigenvalue weighted by Gasteiger charge is -2.14. The van der Waals surface area contributed by atoms with E-state index in [2.05, 4.69) is 92.1 Å². The molecule has 2 aromatic heterocycles. The predicted molar refractivity (Wildman–Crippen MR) is 108 cm³/mol. The third kappa shape index (κ3) is 2.68. The Morgan fingerprint density at radius 1 is 0.885 bits per heavy atom. The molecule has 0 aliphatic carbocycles. The molecule has 0 unspecified atom stereocenters. The zero-order valence-corrected chi connectivity index (χ0v) is 15.7. The molecule has 0 atom stereocenters. The molecule has 0 bridgehead atoms. The van der Waals surface area contributed by atoms with Gasteiger partial charge in [-0.2, -0.15) is 4.57 Å². The SMILES string of the molecule is Cc1cc(C)c(C)c(-c2c(-c3ccccn3)c3ccccc3c[n+]2C)c1. The van der Waals surface area contributed by atoms with Gasteiger partial charge in [0.05, 0.1) is 16.8 Å². The van der Waals surface area contributed by atoms with Crippen LogP contribution in [-0.2, 0) is 7.05 Å². The standard InChI is InChI=1S/C24H23N2/c1-16-13-17(2)18(3)21(14-16)24-23(22-11-7-8-12-25-22)20-10-6-5-9-19(20)15-26(24)4/h5-15H,1-4H3/q+1. The summed E-state index contributed by atoms with van der Waals surface area (Å²) in [7, 11) is 2.13. The first-order valence-electron chi connectivity index (χ1n) is 8.97. The number of hydrogen-bond donors (Lipinski definition) is 0. The largest absolute Gasteiger partial charge is 0.256 e. The van der Waals surface area contributed by atoms with E-state index in [1.54, 1.807) is 0 Å². The fourth-order valence-corrected chi connectivity index (χ4v) is 3.79. The molecule has 0 aliphatic rings. The maximum Gasteiger partial charge on any atom is 0.222 e. The third-order valence-electron chi connectivity index (χ3n) is 5.14. The number of rotatable bonds is 2. The number of fused-ring (bicyclic) bond motifs is 1. The molecule has 0 radical (unpaired) electrons. The van der Waals surface area contributed by atoms with Crippen molar-refractivity contribution >= 4 is 10.8 Å². The van der Waals surface area contributed by atoms with E-state index in [9.17, 15) is 0 Å². The second-order valence-electron chi connectivity index (χ2n) is 7.02. The van der Waals surface area contributed by atoms with E-state index < -0.39 is 0 Å². The third-order valence-corrected chi connectivity index (χ3v) is 5.14. The number of nitrogens with zero attached hydrogens (tertiary/aromatic N) is 2. The quantitative estimate of drug-likeness (QED) is 0.452. The molecule has 26 heavy (non-hydrogen) atoms. The van der Waals surface area contributed by atoms with Crippen LogP contribution in [0.3, 0.4) is 0 Å². The summed E-state index contributed by atoms with van der Waals surface area (Å²) in [5.41, 5.74) is 8.61. The van der Waals surface area contributed by atoms with Gasteiger partial charge in [0.15, 0.2) is 6.20 Å². The molecule has 128 valence electrons. The van der Waals surface area contributed by atoms with Gasteiger partial charge < -0.3 is 0 Å². The first kappa shape index (κ1) is 16.5. The van der Waals surface area contributed by atoms with Crippen LogP contribution in [0.15, 0.2) is 67.0 Å². The number of pyridine rings is 2. The van der Waals surface area contributed by atoms with Gasteiger partial charge in [-0.05, 0) is 56.2 Å². The molecule has 0 saturated heterocycles. The minimum atomic E-state index is 1.01. The minimum absolute atomic E-state index is 1.01. The summed E-state index contributed by atoms with van der Waals surface area (Å²) < 4.78 is 2.24. The number of aromatic nitrogens is 2. The van der Waals surface area contributed by atoms with Gasteiger partial charge in [0.1, 0.15) is 7.05 Å². The van der Waals surface area contributed by atoms with Gasteiger partial charge in [0, 0.05) is 17.0 Å². The maximum atomic E-state index is 4.69. The molecule has 4 rings (SSSR count). The molecular formula is C24H23N2+. The molecule has 0 saturated carbocycles. The van der Waals surface area contributed by atoms with Crippen LogP contribution in [0.1, 0.15) is 16.7 Å². The molecule has 0 spiro atoms. The van der Waals surface area contributed by atoms with Crippen LogP contribution in [-0.4, -0.2) is 4.98 Å². The minimum Gasteiger partial charge on any atom is -0.256 e. The Morgan fingerprint density at radius 2 is 1.65 bits per heavy atom. The van der Waals surface area contributed by atoms with E-state index in [-0.39, 0.29) is 0 Å². The van der Waals surface area contributed by atoms with Crippen LogP contribution in [0.4, 0.5) is 0 Å². The number of aryl methyl sites for hydroxylation is 3. The summed E-state index contributed by atoms with van der Waals surface area (Å²) in [4.78, 5) is 4.69. The highest BCUT2D eigenvalue weighted by Crippen LogP contribution is 2.36. The van der Waals surface area contributed by atoms with Gasteiger partial charge in [-0.15, -0.1) is 0 Å². The maximum absolute atomic E-state index is 4.69. The summed E-state index contributed by atoms with van der Waals surface area (Å²) in [6.45, 7) is 6.56. The normalized spacial score (nSPS) is 11.1. The van der Waals surface area contributed by atoms with Crippen LogP contribution >= 0.6 is 0 Å². The molecule has 4 aromatic rings. The van der Waals surface area contributed by atoms with Gasteiger partial charge in [0.25, 0.3) is 0 Å². The highest BCUT2D eigenvalue weighted by molar-refractivity contribution is 6.00. The zero-order chi connectivity index (χ0) is 18.3. The van der Waals surface area contributed by atoms with Gasteiger partial charge in [-0.1, -0.05) is 35.9 Å². The highest BCUT2D eigenvalue weighted by Gasteiger charge is 2.24. The average molecular weight is 339 g/mol. The molecular weight excluding hydrogens is 316 g/mol. The van der Waals surface area contributed by atoms with Crippen molar-refractivity contribution in [3.05, 3.63) is 83.7 Å². The first-order valence-corrected chi connectivity index (χ1v) is 8.97. The summed E-state index contributed by atoms with van der Waals surface area (Å²) in [6.07, 6.45) is 4.09. The lowest BCUT2D eigenvalue weighted by atomic mass is 9.91. The topological polar surface area (TPSA) is 16.8 Å². The number of benzene rings is 2. The van der Waals surface area contributed by atoms with E-state index in [1.807, 2.05) is 12.3 Å². The molecule has 2 heteroatoms. The lowest BCUT2D eigenvalue weighted by Crippen LogP contribution is -2.32. The van der Waals surface area contributed by atoms with Gasteiger partial charge in [0.2, 0.25) is 5.69 Å². The van der Waals surface area contributed by atoms with Crippen LogP contribution in [0.2, 0.25) is 0 Å². The monoisotopic (exact) mass is 339 g/mol. The smallest absolute Gasteiger partial charge is 0.222 e. The fourth-order valence-electron chi connectivity index (χ4n) is 3.79. The van der Waals surface area contributed by atoms with Crippen molar-refractivity contribution in [2.75, 3.05) is 0 Å². The van der Waals surface area contributed by atoms with Crippen molar-refractivity contribution in [1.29, 1.82) is 0 Å². The van der Waals surface area contributed by atoms with Crippen molar-refractivity contribution < 1.29 is 4.57 Å².